The molecule has 0 spiro atoms. The van der Waals surface area contributed by atoms with Crippen molar-refractivity contribution >= 4 is 22.5 Å². The number of rotatable bonds is 3. The van der Waals surface area contributed by atoms with Gasteiger partial charge in [0.1, 0.15) is 5.69 Å². The van der Waals surface area contributed by atoms with E-state index in [9.17, 15) is 18.0 Å². The molecule has 0 radical (unpaired) electrons. The zero-order chi connectivity index (χ0) is 22.3. The Morgan fingerprint density at radius 3 is 2.45 bits per heavy atom. The van der Waals surface area contributed by atoms with Gasteiger partial charge in [-0.15, -0.1) is 0 Å². The number of aromatic nitrogens is 3. The number of aryl methyl sites for hydroxylation is 1. The van der Waals surface area contributed by atoms with Gasteiger partial charge < -0.3 is 5.32 Å². The van der Waals surface area contributed by atoms with Crippen LogP contribution in [0.1, 0.15) is 27.2 Å². The van der Waals surface area contributed by atoms with E-state index in [1.807, 2.05) is 19.9 Å². The Hall–Kier alpha value is -3.68. The summed E-state index contributed by atoms with van der Waals surface area (Å²) in [6, 6.07) is 12.1. The number of nitrogens with one attached hydrogen (secondary N) is 1. The fourth-order valence-electron chi connectivity index (χ4n) is 3.47. The summed E-state index contributed by atoms with van der Waals surface area (Å²) < 4.78 is 40.3. The van der Waals surface area contributed by atoms with Crippen molar-refractivity contribution in [1.82, 2.24) is 14.8 Å². The monoisotopic (exact) mass is 424 g/mol. The number of halogens is 3. The fraction of sp³-hybridized carbons (Fsp3) is 0.174. The number of fused-ring (bicyclic) bond motifs is 1. The molecular weight excluding hydrogens is 405 g/mol. The number of nitrogens with zero attached hydrogens (tertiary/aromatic N) is 3. The number of hydrogen-bond acceptors (Lipinski definition) is 3. The number of alkyl halides is 3. The lowest BCUT2D eigenvalue weighted by Gasteiger charge is -2.15. The molecule has 0 atom stereocenters. The first-order valence-electron chi connectivity index (χ1n) is 9.53. The summed E-state index contributed by atoms with van der Waals surface area (Å²) in [6.45, 7) is 3.82. The van der Waals surface area contributed by atoms with Crippen LogP contribution in [-0.4, -0.2) is 20.7 Å². The summed E-state index contributed by atoms with van der Waals surface area (Å²) in [5.74, 6) is -0.264. The van der Waals surface area contributed by atoms with Crippen molar-refractivity contribution in [2.75, 3.05) is 5.32 Å². The molecule has 0 saturated carbocycles. The zero-order valence-corrected chi connectivity index (χ0v) is 17.1. The molecule has 4 rings (SSSR count). The van der Waals surface area contributed by atoms with Crippen molar-refractivity contribution in [3.8, 4) is 11.3 Å². The number of pyridine rings is 1. The van der Waals surface area contributed by atoms with Crippen LogP contribution in [0.2, 0.25) is 0 Å². The molecule has 0 aliphatic heterocycles. The van der Waals surface area contributed by atoms with E-state index in [4.69, 9.17) is 0 Å². The Morgan fingerprint density at radius 1 is 1.00 bits per heavy atom. The van der Waals surface area contributed by atoms with Crippen molar-refractivity contribution in [1.29, 1.82) is 0 Å². The molecule has 0 fully saturated rings. The van der Waals surface area contributed by atoms with Crippen LogP contribution >= 0.6 is 0 Å². The predicted molar refractivity (Wildman–Crippen MR) is 113 cm³/mol. The number of amides is 1. The summed E-state index contributed by atoms with van der Waals surface area (Å²) in [6.07, 6.45) is -2.84. The number of carbonyl (C=O) groups excluding carboxylic acids is 1. The number of carbonyl (C=O) groups is 1. The van der Waals surface area contributed by atoms with Gasteiger partial charge in [0.05, 0.1) is 16.8 Å². The highest BCUT2D eigenvalue weighted by Crippen LogP contribution is 2.33. The molecule has 2 aromatic carbocycles. The zero-order valence-electron chi connectivity index (χ0n) is 17.1. The minimum atomic E-state index is -4.39. The maximum absolute atomic E-state index is 12.9. The van der Waals surface area contributed by atoms with E-state index in [0.717, 1.165) is 28.8 Å². The molecule has 5 nitrogen and oxygen atoms in total. The number of anilines is 1. The van der Waals surface area contributed by atoms with E-state index < -0.39 is 11.7 Å². The van der Waals surface area contributed by atoms with E-state index in [1.165, 1.54) is 10.7 Å². The minimum absolute atomic E-state index is 0.264. The van der Waals surface area contributed by atoms with Gasteiger partial charge in [0, 0.05) is 29.9 Å². The fourth-order valence-corrected chi connectivity index (χ4v) is 3.47. The lowest BCUT2D eigenvalue weighted by atomic mass is 9.98. The molecule has 0 unspecified atom stereocenters. The Labute approximate surface area is 176 Å². The molecule has 158 valence electrons. The maximum Gasteiger partial charge on any atom is 0.416 e. The standard InChI is InChI=1S/C23H19F3N4O/c1-13-14(2)18(29-22(31)21-10-11-27-30(21)3)9-6-17(13)20-7-4-15-12-16(23(24,25)26)5-8-19(15)28-20/h4-12H,1-3H3,(H,29,31). The van der Waals surface area contributed by atoms with Crippen molar-refractivity contribution in [3.63, 3.8) is 0 Å². The van der Waals surface area contributed by atoms with Crippen molar-refractivity contribution in [2.45, 2.75) is 20.0 Å². The highest BCUT2D eigenvalue weighted by atomic mass is 19.4. The molecule has 1 amide bonds. The third-order valence-electron chi connectivity index (χ3n) is 5.38. The lowest BCUT2D eigenvalue weighted by Crippen LogP contribution is -2.17. The van der Waals surface area contributed by atoms with Crippen molar-refractivity contribution < 1.29 is 18.0 Å². The minimum Gasteiger partial charge on any atom is -0.320 e. The first-order valence-corrected chi connectivity index (χ1v) is 9.53. The second-order valence-corrected chi connectivity index (χ2v) is 7.31. The Kier molecular flexibility index (Phi) is 5.00. The maximum atomic E-state index is 12.9. The molecular formula is C23H19F3N4O. The van der Waals surface area contributed by atoms with Gasteiger partial charge in [0.2, 0.25) is 0 Å². The Morgan fingerprint density at radius 2 is 1.77 bits per heavy atom. The highest BCUT2D eigenvalue weighted by Gasteiger charge is 2.30. The SMILES string of the molecule is Cc1c(NC(=O)c2ccnn2C)ccc(-c2ccc3cc(C(F)(F)F)ccc3n2)c1C. The van der Waals surface area contributed by atoms with Gasteiger partial charge in [-0.05, 0) is 61.4 Å². The molecule has 1 N–H and O–H groups in total. The molecule has 0 aliphatic carbocycles. The van der Waals surface area contributed by atoms with Crippen LogP contribution in [0.5, 0.6) is 0 Å². The predicted octanol–water partition coefficient (Wildman–Crippen LogP) is 5.52. The van der Waals surface area contributed by atoms with Crippen molar-refractivity contribution in [2.24, 2.45) is 7.05 Å². The Bertz CT molecular complexity index is 1310. The summed E-state index contributed by atoms with van der Waals surface area (Å²) in [5.41, 5.74) is 4.18. The van der Waals surface area contributed by atoms with E-state index in [1.54, 1.807) is 37.5 Å². The number of benzene rings is 2. The molecule has 2 aromatic heterocycles. The van der Waals surface area contributed by atoms with Crippen LogP contribution in [-0.2, 0) is 13.2 Å². The smallest absolute Gasteiger partial charge is 0.320 e. The third-order valence-corrected chi connectivity index (χ3v) is 5.38. The van der Waals surface area contributed by atoms with Gasteiger partial charge >= 0.3 is 6.18 Å². The summed E-state index contributed by atoms with van der Waals surface area (Å²) in [4.78, 5) is 17.0. The summed E-state index contributed by atoms with van der Waals surface area (Å²) in [7, 11) is 1.69. The van der Waals surface area contributed by atoms with E-state index in [2.05, 4.69) is 15.4 Å². The first-order chi connectivity index (χ1) is 14.6. The van der Waals surface area contributed by atoms with Gasteiger partial charge in [-0.3, -0.25) is 9.48 Å². The average Bonchev–Trinajstić information content (AvgIpc) is 3.16. The quantitative estimate of drug-likeness (QED) is 0.471. The van der Waals surface area contributed by atoms with Crippen molar-refractivity contribution in [3.05, 3.63) is 77.1 Å². The molecule has 31 heavy (non-hydrogen) atoms. The topological polar surface area (TPSA) is 59.8 Å². The van der Waals surface area contributed by atoms with Crippen LogP contribution in [0.4, 0.5) is 18.9 Å². The second kappa shape index (κ2) is 7.54. The van der Waals surface area contributed by atoms with E-state index in [-0.39, 0.29) is 5.91 Å². The Balaban J connectivity index is 1.67. The second-order valence-electron chi connectivity index (χ2n) is 7.31. The van der Waals surface area contributed by atoms with E-state index >= 15 is 0 Å². The largest absolute Gasteiger partial charge is 0.416 e. The lowest BCUT2D eigenvalue weighted by molar-refractivity contribution is -0.137. The first kappa shape index (κ1) is 20.6. The van der Waals surface area contributed by atoms with Crippen LogP contribution in [0, 0.1) is 13.8 Å². The van der Waals surface area contributed by atoms with E-state index in [0.29, 0.717) is 28.0 Å². The van der Waals surface area contributed by atoms with Crippen LogP contribution < -0.4 is 5.32 Å². The summed E-state index contributed by atoms with van der Waals surface area (Å²) in [5, 5.41) is 7.32. The van der Waals surface area contributed by atoms with Crippen LogP contribution in [0.3, 0.4) is 0 Å². The molecule has 2 heterocycles. The van der Waals surface area contributed by atoms with Crippen LogP contribution in [0.25, 0.3) is 22.2 Å². The van der Waals surface area contributed by atoms with Gasteiger partial charge in [0.15, 0.2) is 0 Å². The van der Waals surface area contributed by atoms with Gasteiger partial charge in [-0.1, -0.05) is 12.1 Å². The molecule has 0 bridgehead atoms. The normalized spacial score (nSPS) is 11.7. The summed E-state index contributed by atoms with van der Waals surface area (Å²) >= 11 is 0. The average molecular weight is 424 g/mol. The van der Waals surface area contributed by atoms with Crippen LogP contribution in [0.15, 0.2) is 54.7 Å². The van der Waals surface area contributed by atoms with Gasteiger partial charge in [-0.25, -0.2) is 4.98 Å². The molecule has 8 heteroatoms. The van der Waals surface area contributed by atoms with Gasteiger partial charge in [0.25, 0.3) is 5.91 Å². The number of hydrogen-bond donors (Lipinski definition) is 1. The molecule has 4 aromatic rings. The molecule has 0 saturated heterocycles. The highest BCUT2D eigenvalue weighted by molar-refractivity contribution is 6.03. The van der Waals surface area contributed by atoms with Gasteiger partial charge in [-0.2, -0.15) is 18.3 Å². The molecule has 0 aliphatic rings. The third kappa shape index (κ3) is 3.88.